The van der Waals surface area contributed by atoms with Crippen LogP contribution in [0.1, 0.15) is 24.0 Å². The van der Waals surface area contributed by atoms with Crippen molar-refractivity contribution in [2.75, 3.05) is 6.61 Å². The van der Waals surface area contributed by atoms with Crippen LogP contribution in [-0.2, 0) is 17.7 Å². The Morgan fingerprint density at radius 1 is 1.11 bits per heavy atom. The second kappa shape index (κ2) is 7.89. The standard InChI is InChI=1S/C21H22FN3O2.ClH/c1-12-8-16(9-13(2)23-12)20-18-6-7-27-14(3)11-25(18)21(24-20)15-4-5-17(22)19(26)10-15;/h4-5,8-10,14,26H,6-7,11H2,1-3H3;1H/t14-;/m1./s1. The van der Waals surface area contributed by atoms with Crippen LogP contribution in [0.15, 0.2) is 30.3 Å². The van der Waals surface area contributed by atoms with Gasteiger partial charge in [-0.15, -0.1) is 12.4 Å². The van der Waals surface area contributed by atoms with Crippen molar-refractivity contribution in [2.24, 2.45) is 0 Å². The third-order valence-electron chi connectivity index (χ3n) is 4.81. The summed E-state index contributed by atoms with van der Waals surface area (Å²) in [5, 5.41) is 9.82. The number of pyridine rings is 1. The minimum absolute atomic E-state index is 0. The van der Waals surface area contributed by atoms with Crippen LogP contribution in [0, 0.1) is 19.7 Å². The molecule has 2 aromatic heterocycles. The van der Waals surface area contributed by atoms with Crippen LogP contribution >= 0.6 is 12.4 Å². The van der Waals surface area contributed by atoms with Gasteiger partial charge in [-0.05, 0) is 51.1 Å². The number of aromatic hydroxyl groups is 1. The summed E-state index contributed by atoms with van der Waals surface area (Å²) < 4.78 is 21.5. The number of nitrogens with zero attached hydrogens (tertiary/aromatic N) is 3. The number of benzene rings is 1. The van der Waals surface area contributed by atoms with Crippen LogP contribution in [-0.4, -0.2) is 32.4 Å². The molecule has 0 saturated heterocycles. The summed E-state index contributed by atoms with van der Waals surface area (Å²) in [5.41, 5.74) is 5.54. The predicted molar refractivity (Wildman–Crippen MR) is 108 cm³/mol. The van der Waals surface area contributed by atoms with Crippen LogP contribution < -0.4 is 0 Å². The Hall–Kier alpha value is -2.44. The third kappa shape index (κ3) is 3.75. The summed E-state index contributed by atoms with van der Waals surface area (Å²) in [7, 11) is 0. The SMILES string of the molecule is Cc1cc(-c2nc(-c3ccc(F)c(O)c3)n3c2CCO[C@H](C)C3)cc(C)n1.Cl. The van der Waals surface area contributed by atoms with E-state index in [2.05, 4.69) is 9.55 Å². The van der Waals surface area contributed by atoms with Gasteiger partial charge in [0.15, 0.2) is 11.6 Å². The molecule has 0 amide bonds. The monoisotopic (exact) mass is 403 g/mol. The van der Waals surface area contributed by atoms with Crippen molar-refractivity contribution >= 4 is 12.4 Å². The Labute approximate surface area is 169 Å². The Kier molecular flexibility index (Phi) is 5.72. The fourth-order valence-electron chi connectivity index (χ4n) is 3.68. The molecule has 1 aliphatic rings. The molecule has 0 spiro atoms. The highest BCUT2D eigenvalue weighted by atomic mass is 35.5. The normalized spacial score (nSPS) is 16.2. The predicted octanol–water partition coefficient (Wildman–Crippen LogP) is 4.46. The quantitative estimate of drug-likeness (QED) is 0.686. The molecule has 4 rings (SSSR count). The number of hydrogen-bond donors (Lipinski definition) is 1. The number of fused-ring (bicyclic) bond motifs is 1. The summed E-state index contributed by atoms with van der Waals surface area (Å²) in [5.74, 6) is -0.307. The summed E-state index contributed by atoms with van der Waals surface area (Å²) in [6.45, 7) is 7.24. The lowest BCUT2D eigenvalue weighted by molar-refractivity contribution is 0.0666. The molecule has 1 N–H and O–H groups in total. The summed E-state index contributed by atoms with van der Waals surface area (Å²) in [6.07, 6.45) is 0.780. The molecule has 3 aromatic rings. The molecule has 1 aromatic carbocycles. The summed E-state index contributed by atoms with van der Waals surface area (Å²) in [6, 6.07) is 8.39. The van der Waals surface area contributed by atoms with E-state index in [1.165, 1.54) is 12.1 Å². The minimum atomic E-state index is -0.640. The van der Waals surface area contributed by atoms with E-state index < -0.39 is 5.82 Å². The number of halogens is 2. The molecule has 1 aliphatic heterocycles. The molecule has 0 aliphatic carbocycles. The van der Waals surface area contributed by atoms with Crippen molar-refractivity contribution in [1.82, 2.24) is 14.5 Å². The Bertz CT molecular complexity index is 999. The van der Waals surface area contributed by atoms with Gasteiger partial charge >= 0.3 is 0 Å². The van der Waals surface area contributed by atoms with Crippen molar-refractivity contribution in [2.45, 2.75) is 39.8 Å². The molecule has 0 unspecified atom stereocenters. The van der Waals surface area contributed by atoms with E-state index in [-0.39, 0.29) is 24.3 Å². The minimum Gasteiger partial charge on any atom is -0.505 e. The second-order valence-corrected chi connectivity index (χ2v) is 7.08. The lowest BCUT2D eigenvalue weighted by atomic mass is 10.1. The highest BCUT2D eigenvalue weighted by molar-refractivity contribution is 5.85. The molecule has 5 nitrogen and oxygen atoms in total. The van der Waals surface area contributed by atoms with Gasteiger partial charge in [0.2, 0.25) is 0 Å². The molecule has 148 valence electrons. The molecular formula is C21H23ClFN3O2. The zero-order valence-corrected chi connectivity index (χ0v) is 16.9. The van der Waals surface area contributed by atoms with Crippen molar-refractivity contribution in [3.05, 3.63) is 53.2 Å². The van der Waals surface area contributed by atoms with E-state index in [9.17, 15) is 9.50 Å². The fourth-order valence-corrected chi connectivity index (χ4v) is 3.68. The number of rotatable bonds is 2. The van der Waals surface area contributed by atoms with Crippen molar-refractivity contribution in [1.29, 1.82) is 0 Å². The molecular weight excluding hydrogens is 381 g/mol. The van der Waals surface area contributed by atoms with E-state index in [1.54, 1.807) is 6.07 Å². The topological polar surface area (TPSA) is 60.2 Å². The first-order valence-corrected chi connectivity index (χ1v) is 9.08. The zero-order valence-electron chi connectivity index (χ0n) is 16.1. The Morgan fingerprint density at radius 2 is 1.82 bits per heavy atom. The summed E-state index contributed by atoms with van der Waals surface area (Å²) in [4.78, 5) is 9.36. The van der Waals surface area contributed by atoms with Gasteiger partial charge in [-0.25, -0.2) is 9.37 Å². The van der Waals surface area contributed by atoms with Crippen molar-refractivity contribution in [3.63, 3.8) is 0 Å². The van der Waals surface area contributed by atoms with Crippen LogP contribution in [0.5, 0.6) is 5.75 Å². The van der Waals surface area contributed by atoms with Gasteiger partial charge in [0, 0.05) is 34.6 Å². The van der Waals surface area contributed by atoms with E-state index >= 15 is 0 Å². The van der Waals surface area contributed by atoms with E-state index in [0.717, 1.165) is 34.8 Å². The van der Waals surface area contributed by atoms with Gasteiger partial charge < -0.3 is 14.4 Å². The highest BCUT2D eigenvalue weighted by Crippen LogP contribution is 2.33. The van der Waals surface area contributed by atoms with E-state index in [0.29, 0.717) is 24.5 Å². The smallest absolute Gasteiger partial charge is 0.164 e. The number of ether oxygens (including phenoxy) is 1. The first-order chi connectivity index (χ1) is 12.9. The largest absolute Gasteiger partial charge is 0.505 e. The number of phenols is 1. The number of phenolic OH excluding ortho intramolecular Hbond substituents is 1. The molecule has 28 heavy (non-hydrogen) atoms. The molecule has 1 atom stereocenters. The number of hydrogen-bond acceptors (Lipinski definition) is 4. The van der Waals surface area contributed by atoms with E-state index in [4.69, 9.17) is 9.72 Å². The average Bonchev–Trinajstić information content (AvgIpc) is 2.83. The van der Waals surface area contributed by atoms with Crippen LogP contribution in [0.25, 0.3) is 22.6 Å². The Morgan fingerprint density at radius 3 is 2.50 bits per heavy atom. The van der Waals surface area contributed by atoms with Gasteiger partial charge in [-0.3, -0.25) is 4.98 Å². The first kappa shape index (κ1) is 20.3. The van der Waals surface area contributed by atoms with Gasteiger partial charge in [0.05, 0.1) is 24.9 Å². The first-order valence-electron chi connectivity index (χ1n) is 9.08. The van der Waals surface area contributed by atoms with Gasteiger partial charge in [-0.2, -0.15) is 0 Å². The van der Waals surface area contributed by atoms with Gasteiger partial charge in [-0.1, -0.05) is 0 Å². The molecule has 3 heterocycles. The third-order valence-corrected chi connectivity index (χ3v) is 4.81. The fraction of sp³-hybridized carbons (Fsp3) is 0.333. The maximum atomic E-state index is 13.5. The molecule has 0 saturated carbocycles. The number of imidazole rings is 1. The van der Waals surface area contributed by atoms with Crippen molar-refractivity contribution in [3.8, 4) is 28.4 Å². The number of aromatic nitrogens is 3. The second-order valence-electron chi connectivity index (χ2n) is 7.08. The molecule has 0 fully saturated rings. The number of aryl methyl sites for hydroxylation is 2. The molecule has 0 radical (unpaired) electrons. The highest BCUT2D eigenvalue weighted by Gasteiger charge is 2.24. The lowest BCUT2D eigenvalue weighted by Gasteiger charge is -2.13. The van der Waals surface area contributed by atoms with Crippen molar-refractivity contribution < 1.29 is 14.2 Å². The van der Waals surface area contributed by atoms with Gasteiger partial charge in [0.1, 0.15) is 5.82 Å². The van der Waals surface area contributed by atoms with E-state index in [1.807, 2.05) is 32.9 Å². The molecule has 0 bridgehead atoms. The van der Waals surface area contributed by atoms with Crippen LogP contribution in [0.2, 0.25) is 0 Å². The lowest BCUT2D eigenvalue weighted by Crippen LogP contribution is -2.14. The molecule has 7 heteroatoms. The zero-order chi connectivity index (χ0) is 19.1. The van der Waals surface area contributed by atoms with Gasteiger partial charge in [0.25, 0.3) is 0 Å². The maximum absolute atomic E-state index is 13.5. The van der Waals surface area contributed by atoms with Crippen LogP contribution in [0.4, 0.5) is 4.39 Å². The Balaban J connectivity index is 0.00000225. The maximum Gasteiger partial charge on any atom is 0.164 e. The average molecular weight is 404 g/mol. The van der Waals surface area contributed by atoms with Crippen LogP contribution in [0.3, 0.4) is 0 Å². The summed E-state index contributed by atoms with van der Waals surface area (Å²) >= 11 is 0.